The van der Waals surface area contributed by atoms with Gasteiger partial charge in [-0.2, -0.15) is 34.4 Å². The van der Waals surface area contributed by atoms with Crippen LogP contribution in [0.3, 0.4) is 0 Å². The van der Waals surface area contributed by atoms with E-state index in [0.29, 0.717) is 11.8 Å². The monoisotopic (exact) mass is 708 g/mol. The van der Waals surface area contributed by atoms with E-state index in [2.05, 4.69) is 116 Å². The van der Waals surface area contributed by atoms with Gasteiger partial charge in [-0.3, -0.25) is 0 Å². The molecule has 0 nitrogen and oxygen atoms in total. The van der Waals surface area contributed by atoms with Gasteiger partial charge in [0.25, 0.3) is 0 Å². The minimum absolute atomic E-state index is 0. The summed E-state index contributed by atoms with van der Waals surface area (Å²) in [6.07, 6.45) is 22.3. The van der Waals surface area contributed by atoms with Crippen molar-refractivity contribution >= 4 is 10.9 Å². The van der Waals surface area contributed by atoms with E-state index >= 15 is 0 Å². The van der Waals surface area contributed by atoms with Crippen molar-refractivity contribution in [1.29, 1.82) is 0 Å². The van der Waals surface area contributed by atoms with Crippen LogP contribution in [0.1, 0.15) is 54.4 Å². The number of hydrogen-bond donors (Lipinski definition) is 0. The van der Waals surface area contributed by atoms with Gasteiger partial charge in [0.1, 0.15) is 0 Å². The number of hydrogen-bond acceptors (Lipinski definition) is 0. The Hall–Kier alpha value is 0.700. The Morgan fingerprint density at radius 2 is 0.944 bits per heavy atom. The molecule has 2 unspecified atom stereocenters. The zero-order valence-corrected chi connectivity index (χ0v) is 32.2. The largest absolute Gasteiger partial charge is 1.00 e. The first-order valence-corrected chi connectivity index (χ1v) is 24.6. The number of allylic oxidation sites excluding steroid dienone is 16. The summed E-state index contributed by atoms with van der Waals surface area (Å²) < 4.78 is 0. The van der Waals surface area contributed by atoms with Gasteiger partial charge in [-0.25, -0.2) is 0 Å². The first-order valence-electron chi connectivity index (χ1n) is 12.2. The molecule has 4 aliphatic rings. The van der Waals surface area contributed by atoms with Crippen molar-refractivity contribution in [2.75, 3.05) is 0 Å². The Morgan fingerprint density at radius 3 is 1.11 bits per heavy atom. The van der Waals surface area contributed by atoms with Crippen molar-refractivity contribution in [2.45, 2.75) is 80.6 Å². The second kappa shape index (κ2) is 19.7. The van der Waals surface area contributed by atoms with Crippen LogP contribution in [0.25, 0.3) is 0 Å². The van der Waals surface area contributed by atoms with Gasteiger partial charge in [-0.05, 0) is 0 Å². The molecule has 0 fully saturated rings. The molecular formula is C30H42Cl2Si2Zr2-4. The van der Waals surface area contributed by atoms with Crippen molar-refractivity contribution in [1.82, 2.24) is 0 Å². The van der Waals surface area contributed by atoms with Crippen LogP contribution < -0.4 is 24.8 Å². The van der Waals surface area contributed by atoms with Gasteiger partial charge in [0, 0.05) is 0 Å². The molecular weight excluding hydrogens is 670 g/mol. The summed E-state index contributed by atoms with van der Waals surface area (Å²) in [5.74, 6) is 1.02. The molecule has 0 N–H and O–H groups in total. The molecule has 0 aliphatic heterocycles. The second-order valence-corrected chi connectivity index (χ2v) is 28.5. The average Bonchev–Trinajstić information content (AvgIpc) is 3.53. The Bertz CT molecular complexity index is 959. The van der Waals surface area contributed by atoms with E-state index in [1.807, 2.05) is 0 Å². The fourth-order valence-corrected chi connectivity index (χ4v) is 3.84. The summed E-state index contributed by atoms with van der Waals surface area (Å²) in [5, 5.41) is 0. The summed E-state index contributed by atoms with van der Waals surface area (Å²) >= 11 is 3.48. The van der Waals surface area contributed by atoms with Crippen LogP contribution in [0, 0.1) is 24.0 Å². The Kier molecular flexibility index (Phi) is 21.3. The van der Waals surface area contributed by atoms with E-state index < -0.39 is 0 Å². The van der Waals surface area contributed by atoms with Gasteiger partial charge in [0.2, 0.25) is 0 Å². The van der Waals surface area contributed by atoms with Gasteiger partial charge >= 0.3 is 83.7 Å². The first kappa shape index (κ1) is 38.8. The number of rotatable bonds is 2. The molecule has 0 bridgehead atoms. The molecule has 4 rings (SSSR count). The van der Waals surface area contributed by atoms with Gasteiger partial charge in [0.15, 0.2) is 0 Å². The molecule has 36 heavy (non-hydrogen) atoms. The first-order chi connectivity index (χ1) is 15.9. The summed E-state index contributed by atoms with van der Waals surface area (Å²) in [6, 6.07) is 0. The molecule has 0 spiro atoms. The van der Waals surface area contributed by atoms with E-state index in [0.717, 1.165) is 12.8 Å². The molecule has 0 saturated carbocycles. The predicted octanol–water partition coefficient (Wildman–Crippen LogP) is 2.75. The zero-order chi connectivity index (χ0) is 26.0. The molecule has 196 valence electrons. The van der Waals surface area contributed by atoms with E-state index in [1.54, 1.807) is 46.7 Å². The van der Waals surface area contributed by atoms with Gasteiger partial charge in [-0.1, -0.05) is 90.5 Å². The summed E-state index contributed by atoms with van der Waals surface area (Å²) in [5.41, 5.74) is 11.8. The average molecular weight is 712 g/mol. The summed E-state index contributed by atoms with van der Waals surface area (Å²) in [6.45, 7) is 22.5. The normalized spacial score (nSPS) is 20.8. The molecule has 0 amide bonds. The SMILES string of the molecule is CC1=C(C)C(C)[C-]=C1C1=CC=CC1.CC1=C(C)C(C)[C-]=C1C1=CC=CC1.C[Si](C)=[Zr].C[Si](C)=[Zr].[Cl-].[Cl-]. The van der Waals surface area contributed by atoms with Crippen LogP contribution in [-0.2, 0) is 46.7 Å². The van der Waals surface area contributed by atoms with Crippen molar-refractivity contribution in [3.05, 3.63) is 93.2 Å². The number of halogens is 2. The fraction of sp³-hybridized carbons (Fsp3) is 0.467. The molecule has 0 aromatic rings. The van der Waals surface area contributed by atoms with Crippen molar-refractivity contribution in [3.8, 4) is 0 Å². The van der Waals surface area contributed by atoms with Crippen LogP contribution >= 0.6 is 0 Å². The maximum atomic E-state index is 3.53. The Labute approximate surface area is 265 Å². The van der Waals surface area contributed by atoms with Crippen molar-refractivity contribution in [2.24, 2.45) is 11.8 Å². The topological polar surface area (TPSA) is 0 Å². The van der Waals surface area contributed by atoms with Gasteiger partial charge in [0.05, 0.1) is 0 Å². The smallest absolute Gasteiger partial charge is 1.00 e. The minimum atomic E-state index is 0. The van der Waals surface area contributed by atoms with Crippen molar-refractivity contribution < 1.29 is 71.5 Å². The van der Waals surface area contributed by atoms with Crippen molar-refractivity contribution in [3.63, 3.8) is 0 Å². The van der Waals surface area contributed by atoms with Gasteiger partial charge < -0.3 is 24.8 Å². The third kappa shape index (κ3) is 13.2. The molecule has 0 heterocycles. The third-order valence-corrected chi connectivity index (χ3v) is 6.14. The molecule has 0 aromatic heterocycles. The van der Waals surface area contributed by atoms with Crippen LogP contribution in [0.2, 0.25) is 26.2 Å². The molecule has 0 radical (unpaired) electrons. The molecule has 0 saturated heterocycles. The molecule has 0 aromatic carbocycles. The Balaban J connectivity index is 0. The van der Waals surface area contributed by atoms with E-state index in [9.17, 15) is 0 Å². The van der Waals surface area contributed by atoms with E-state index in [-0.39, 0.29) is 35.7 Å². The maximum Gasteiger partial charge on any atom is -1.00 e. The quantitative estimate of drug-likeness (QED) is 0.306. The standard InChI is InChI=1S/2C13H15.2C2H6Si.2ClH.2Zr/c2*1-9-8-13(11(3)10(9)2)12-6-4-5-7-12;2*1-3-2;;;;/h2*4-6,9H,7H2,1-3H3;2*1-2H3;2*1H;;/q2*-1;;;;;;/p-2. The van der Waals surface area contributed by atoms with Crippen LogP contribution in [0.4, 0.5) is 0 Å². The van der Waals surface area contributed by atoms with E-state index in [1.165, 1.54) is 44.6 Å². The van der Waals surface area contributed by atoms with Crippen LogP contribution in [0.15, 0.2) is 81.0 Å². The zero-order valence-electron chi connectivity index (χ0n) is 23.8. The summed E-state index contributed by atoms with van der Waals surface area (Å²) in [4.78, 5) is 0. The predicted molar refractivity (Wildman–Crippen MR) is 147 cm³/mol. The van der Waals surface area contributed by atoms with Gasteiger partial charge in [-0.15, -0.1) is 34.4 Å². The Morgan fingerprint density at radius 1 is 0.667 bits per heavy atom. The minimum Gasteiger partial charge on any atom is -1.00 e. The third-order valence-electron chi connectivity index (χ3n) is 6.14. The van der Waals surface area contributed by atoms with E-state index in [4.69, 9.17) is 0 Å². The molecule has 4 aliphatic carbocycles. The maximum absolute atomic E-state index is 3.53. The molecule has 2 atom stereocenters. The fourth-order valence-electron chi connectivity index (χ4n) is 3.84. The van der Waals surface area contributed by atoms with Crippen LogP contribution in [0.5, 0.6) is 0 Å². The summed E-state index contributed by atoms with van der Waals surface area (Å²) in [7, 11) is 0. The second-order valence-electron chi connectivity index (χ2n) is 9.75. The van der Waals surface area contributed by atoms with Crippen LogP contribution in [-0.4, -0.2) is 10.9 Å². The molecule has 6 heteroatoms.